The predicted octanol–water partition coefficient (Wildman–Crippen LogP) is 4.13. The molecule has 0 bridgehead atoms. The molecule has 0 aromatic heterocycles. The lowest BCUT2D eigenvalue weighted by Crippen LogP contribution is -2.10. The highest BCUT2D eigenvalue weighted by molar-refractivity contribution is 9.08. The van der Waals surface area contributed by atoms with Crippen LogP contribution in [0.4, 0.5) is 17.1 Å². The van der Waals surface area contributed by atoms with Crippen LogP contribution in [0.1, 0.15) is 11.1 Å². The van der Waals surface area contributed by atoms with Gasteiger partial charge in [0, 0.05) is 35.4 Å². The molecular formula is C15H12BrN3O2. The lowest BCUT2D eigenvalue weighted by molar-refractivity contribution is -0.385. The van der Waals surface area contributed by atoms with Gasteiger partial charge in [-0.3, -0.25) is 10.1 Å². The average molecular weight is 346 g/mol. The Morgan fingerprint density at radius 1 is 1.24 bits per heavy atom. The molecule has 0 amide bonds. The zero-order chi connectivity index (χ0) is 15.4. The van der Waals surface area contributed by atoms with Gasteiger partial charge in [-0.2, -0.15) is 5.26 Å². The third-order valence-electron chi connectivity index (χ3n) is 3.17. The number of nitriles is 1. The summed E-state index contributed by atoms with van der Waals surface area (Å²) in [5.74, 6) is 0. The standard InChI is InChI=1S/C15H12BrN3O2/c1-18(13-4-2-11(10-17)3-5-13)14-6-7-15(19(20)21)12(8-14)9-16/h2-8H,9H2,1H3. The summed E-state index contributed by atoms with van der Waals surface area (Å²) in [5, 5.41) is 20.2. The van der Waals surface area contributed by atoms with Crippen molar-refractivity contribution >= 4 is 33.0 Å². The molecule has 0 saturated carbocycles. The number of anilines is 2. The van der Waals surface area contributed by atoms with Crippen molar-refractivity contribution in [2.75, 3.05) is 11.9 Å². The van der Waals surface area contributed by atoms with Gasteiger partial charge in [-0.25, -0.2) is 0 Å². The number of nitro benzene ring substituents is 1. The quantitative estimate of drug-likeness (QED) is 0.474. The minimum absolute atomic E-state index is 0.101. The van der Waals surface area contributed by atoms with E-state index >= 15 is 0 Å². The third kappa shape index (κ3) is 3.20. The van der Waals surface area contributed by atoms with Crippen LogP contribution in [-0.2, 0) is 5.33 Å². The highest BCUT2D eigenvalue weighted by Gasteiger charge is 2.15. The molecule has 5 nitrogen and oxygen atoms in total. The number of hydrogen-bond acceptors (Lipinski definition) is 4. The Labute approximate surface area is 130 Å². The molecule has 6 heteroatoms. The molecule has 106 valence electrons. The van der Waals surface area contributed by atoms with Crippen LogP contribution < -0.4 is 4.90 Å². The van der Waals surface area contributed by atoms with E-state index in [1.54, 1.807) is 24.3 Å². The van der Waals surface area contributed by atoms with E-state index in [1.165, 1.54) is 6.07 Å². The zero-order valence-electron chi connectivity index (χ0n) is 11.3. The van der Waals surface area contributed by atoms with Gasteiger partial charge in [0.05, 0.1) is 16.6 Å². The van der Waals surface area contributed by atoms with E-state index in [-0.39, 0.29) is 10.6 Å². The fraction of sp³-hybridized carbons (Fsp3) is 0.133. The minimum atomic E-state index is -0.387. The molecule has 0 atom stereocenters. The van der Waals surface area contributed by atoms with Gasteiger partial charge in [-0.15, -0.1) is 0 Å². The Balaban J connectivity index is 2.36. The Morgan fingerprint density at radius 2 is 1.86 bits per heavy atom. The summed E-state index contributed by atoms with van der Waals surface area (Å²) in [6.45, 7) is 0. The molecule has 0 unspecified atom stereocenters. The third-order valence-corrected chi connectivity index (χ3v) is 3.78. The highest BCUT2D eigenvalue weighted by atomic mass is 79.9. The molecule has 0 fully saturated rings. The molecule has 2 aromatic carbocycles. The molecule has 0 heterocycles. The molecule has 2 aromatic rings. The van der Waals surface area contributed by atoms with Crippen molar-refractivity contribution in [3.8, 4) is 6.07 Å². The molecule has 0 radical (unpaired) electrons. The molecule has 0 aliphatic rings. The van der Waals surface area contributed by atoms with Crippen molar-refractivity contribution in [3.05, 3.63) is 63.7 Å². The topological polar surface area (TPSA) is 70.2 Å². The number of hydrogen-bond donors (Lipinski definition) is 0. The molecule has 0 N–H and O–H groups in total. The SMILES string of the molecule is CN(c1ccc(C#N)cc1)c1ccc([N+](=O)[O-])c(CBr)c1. The van der Waals surface area contributed by atoms with Crippen LogP contribution in [0.2, 0.25) is 0 Å². The Bertz CT molecular complexity index is 708. The van der Waals surface area contributed by atoms with Crippen LogP contribution in [0.3, 0.4) is 0 Å². The molecule has 0 saturated heterocycles. The van der Waals surface area contributed by atoms with Gasteiger partial charge < -0.3 is 4.90 Å². The first-order chi connectivity index (χ1) is 10.1. The monoisotopic (exact) mass is 345 g/mol. The fourth-order valence-electron chi connectivity index (χ4n) is 1.97. The number of nitrogens with zero attached hydrogens (tertiary/aromatic N) is 3. The van der Waals surface area contributed by atoms with Crippen LogP contribution in [0.5, 0.6) is 0 Å². The molecule has 2 rings (SSSR count). The maximum Gasteiger partial charge on any atom is 0.273 e. The van der Waals surface area contributed by atoms with Gasteiger partial charge in [-0.05, 0) is 36.4 Å². The van der Waals surface area contributed by atoms with Crippen LogP contribution in [0, 0.1) is 21.4 Å². The van der Waals surface area contributed by atoms with Crippen molar-refractivity contribution < 1.29 is 4.92 Å². The van der Waals surface area contributed by atoms with E-state index in [1.807, 2.05) is 24.1 Å². The summed E-state index contributed by atoms with van der Waals surface area (Å²) in [6, 6.07) is 14.2. The van der Waals surface area contributed by atoms with Crippen LogP contribution in [-0.4, -0.2) is 12.0 Å². The van der Waals surface area contributed by atoms with Crippen molar-refractivity contribution in [3.63, 3.8) is 0 Å². The van der Waals surface area contributed by atoms with Crippen molar-refractivity contribution in [1.82, 2.24) is 0 Å². The first-order valence-electron chi connectivity index (χ1n) is 6.14. The van der Waals surface area contributed by atoms with Crippen LogP contribution in [0.15, 0.2) is 42.5 Å². The number of rotatable bonds is 4. The summed E-state index contributed by atoms with van der Waals surface area (Å²) < 4.78 is 0. The van der Waals surface area contributed by atoms with E-state index in [4.69, 9.17) is 5.26 Å². The minimum Gasteiger partial charge on any atom is -0.345 e. The number of halogens is 1. The second kappa shape index (κ2) is 6.37. The van der Waals surface area contributed by atoms with E-state index in [2.05, 4.69) is 22.0 Å². The van der Waals surface area contributed by atoms with Gasteiger partial charge in [0.25, 0.3) is 5.69 Å². The second-order valence-corrected chi connectivity index (χ2v) is 4.98. The summed E-state index contributed by atoms with van der Waals surface area (Å²) in [7, 11) is 1.88. The summed E-state index contributed by atoms with van der Waals surface area (Å²) >= 11 is 3.28. The number of alkyl halides is 1. The Kier molecular flexibility index (Phi) is 4.55. The maximum atomic E-state index is 10.9. The van der Waals surface area contributed by atoms with Crippen LogP contribution in [0.25, 0.3) is 0 Å². The smallest absolute Gasteiger partial charge is 0.273 e. The summed E-state index contributed by atoms with van der Waals surface area (Å²) in [5.41, 5.74) is 3.07. The largest absolute Gasteiger partial charge is 0.345 e. The van der Waals surface area contributed by atoms with Gasteiger partial charge in [0.1, 0.15) is 0 Å². The fourth-order valence-corrected chi connectivity index (χ4v) is 2.42. The molecule has 0 spiro atoms. The van der Waals surface area contributed by atoms with Gasteiger partial charge >= 0.3 is 0 Å². The molecule has 0 aliphatic carbocycles. The lowest BCUT2D eigenvalue weighted by Gasteiger charge is -2.20. The van der Waals surface area contributed by atoms with Crippen LogP contribution >= 0.6 is 15.9 Å². The van der Waals surface area contributed by atoms with Gasteiger partial charge in [0.2, 0.25) is 0 Å². The average Bonchev–Trinajstić information content (AvgIpc) is 2.53. The first-order valence-corrected chi connectivity index (χ1v) is 7.26. The van der Waals surface area contributed by atoms with Crippen molar-refractivity contribution in [1.29, 1.82) is 5.26 Å². The predicted molar refractivity (Wildman–Crippen MR) is 84.9 cm³/mol. The normalized spacial score (nSPS) is 9.95. The van der Waals surface area contributed by atoms with Crippen molar-refractivity contribution in [2.45, 2.75) is 5.33 Å². The Hall–Kier alpha value is -2.39. The van der Waals surface area contributed by atoms with Gasteiger partial charge in [-0.1, -0.05) is 15.9 Å². The first kappa shape index (κ1) is 15.0. The van der Waals surface area contributed by atoms with E-state index < -0.39 is 0 Å². The molecule has 0 aliphatic heterocycles. The van der Waals surface area contributed by atoms with Gasteiger partial charge in [0.15, 0.2) is 0 Å². The van der Waals surface area contributed by atoms with E-state index in [0.29, 0.717) is 16.5 Å². The lowest BCUT2D eigenvalue weighted by atomic mass is 10.1. The van der Waals surface area contributed by atoms with E-state index in [9.17, 15) is 10.1 Å². The summed E-state index contributed by atoms with van der Waals surface area (Å²) in [4.78, 5) is 12.5. The number of nitro groups is 1. The zero-order valence-corrected chi connectivity index (χ0v) is 12.9. The maximum absolute atomic E-state index is 10.9. The summed E-state index contributed by atoms with van der Waals surface area (Å²) in [6.07, 6.45) is 0. The van der Waals surface area contributed by atoms with Crippen molar-refractivity contribution in [2.24, 2.45) is 0 Å². The molecular weight excluding hydrogens is 334 g/mol. The second-order valence-electron chi connectivity index (χ2n) is 4.42. The van der Waals surface area contributed by atoms with E-state index in [0.717, 1.165) is 11.4 Å². The number of benzene rings is 2. The molecule has 21 heavy (non-hydrogen) atoms. The highest BCUT2D eigenvalue weighted by Crippen LogP contribution is 2.30. The Morgan fingerprint density at radius 3 is 2.38 bits per heavy atom.